The highest BCUT2D eigenvalue weighted by Gasteiger charge is 2.17. The molecule has 0 radical (unpaired) electrons. The fourth-order valence-electron chi connectivity index (χ4n) is 1.38. The van der Waals surface area contributed by atoms with Crippen molar-refractivity contribution in [2.24, 2.45) is 5.73 Å². The van der Waals surface area contributed by atoms with Crippen LogP contribution < -0.4 is 11.1 Å². The summed E-state index contributed by atoms with van der Waals surface area (Å²) in [4.78, 5) is 11.9. The molecule has 1 rings (SSSR count). The fraction of sp³-hybridized carbons (Fsp3) is 0.357. The minimum atomic E-state index is -0.632. The zero-order chi connectivity index (χ0) is 12.9. The maximum atomic E-state index is 11.9. The van der Waals surface area contributed by atoms with Gasteiger partial charge < -0.3 is 11.1 Å². The van der Waals surface area contributed by atoms with E-state index in [4.69, 9.17) is 12.2 Å². The first kappa shape index (κ1) is 13.3. The van der Waals surface area contributed by atoms with E-state index in [0.717, 1.165) is 12.0 Å². The van der Waals surface area contributed by atoms with Crippen LogP contribution in [0, 0.1) is 12.3 Å². The first-order valence-electron chi connectivity index (χ1n) is 5.58. The molecule has 0 aliphatic rings. The maximum absolute atomic E-state index is 11.9. The van der Waals surface area contributed by atoms with Gasteiger partial charge in [-0.15, -0.1) is 6.42 Å². The molecule has 0 atom stereocenters. The first-order chi connectivity index (χ1) is 7.98. The summed E-state index contributed by atoms with van der Waals surface area (Å²) in [6, 6.07) is 7.38. The van der Waals surface area contributed by atoms with E-state index in [1.807, 2.05) is 12.1 Å². The molecule has 3 N–H and O–H groups in total. The van der Waals surface area contributed by atoms with Gasteiger partial charge >= 0.3 is 0 Å². The molecule has 90 valence electrons. The molecule has 1 aromatic carbocycles. The Kier molecular flexibility index (Phi) is 4.30. The molecule has 1 aromatic rings. The third kappa shape index (κ3) is 3.93. The summed E-state index contributed by atoms with van der Waals surface area (Å²) in [7, 11) is 0. The van der Waals surface area contributed by atoms with Crippen LogP contribution in [-0.2, 0) is 6.42 Å². The van der Waals surface area contributed by atoms with Crippen molar-refractivity contribution >= 4 is 5.91 Å². The lowest BCUT2D eigenvalue weighted by atomic mass is 10.0. The lowest BCUT2D eigenvalue weighted by Crippen LogP contribution is -2.42. The van der Waals surface area contributed by atoms with Crippen molar-refractivity contribution in [2.75, 3.05) is 6.54 Å². The molecule has 0 aromatic heterocycles. The zero-order valence-corrected chi connectivity index (χ0v) is 10.3. The van der Waals surface area contributed by atoms with Gasteiger partial charge in [-0.1, -0.05) is 18.1 Å². The molecular weight excluding hydrogens is 212 g/mol. The molecule has 0 spiro atoms. The standard InChI is InChI=1S/C14H18N2O/c1-4-14(2,3)16-13(17)12-7-5-11(6-8-12)9-10-15/h1,5-8H,9-10,15H2,2-3H3,(H,16,17). The van der Waals surface area contributed by atoms with Crippen molar-refractivity contribution < 1.29 is 4.79 Å². The summed E-state index contributed by atoms with van der Waals surface area (Å²) in [6.07, 6.45) is 6.13. The number of terminal acetylenes is 1. The Morgan fingerprint density at radius 1 is 1.41 bits per heavy atom. The van der Waals surface area contributed by atoms with Crippen LogP contribution in [0.4, 0.5) is 0 Å². The highest BCUT2D eigenvalue weighted by atomic mass is 16.1. The normalized spacial score (nSPS) is 10.7. The topological polar surface area (TPSA) is 55.1 Å². The van der Waals surface area contributed by atoms with Gasteiger partial charge in [-0.25, -0.2) is 0 Å². The Hall–Kier alpha value is -1.79. The van der Waals surface area contributed by atoms with Crippen molar-refractivity contribution in [3.8, 4) is 12.3 Å². The molecule has 0 aliphatic heterocycles. The van der Waals surface area contributed by atoms with Gasteiger partial charge in [-0.05, 0) is 44.5 Å². The summed E-state index contributed by atoms with van der Waals surface area (Å²) in [6.45, 7) is 4.18. The third-order valence-corrected chi connectivity index (χ3v) is 2.44. The quantitative estimate of drug-likeness (QED) is 0.767. The summed E-state index contributed by atoms with van der Waals surface area (Å²) < 4.78 is 0. The molecule has 0 saturated heterocycles. The summed E-state index contributed by atoms with van der Waals surface area (Å²) in [5.74, 6) is 2.37. The fourth-order valence-corrected chi connectivity index (χ4v) is 1.38. The Morgan fingerprint density at radius 3 is 2.47 bits per heavy atom. The molecule has 0 unspecified atom stereocenters. The van der Waals surface area contributed by atoms with Crippen LogP contribution in [0.1, 0.15) is 29.8 Å². The highest BCUT2D eigenvalue weighted by Crippen LogP contribution is 2.07. The minimum Gasteiger partial charge on any atom is -0.336 e. The van der Waals surface area contributed by atoms with Crippen LogP contribution in [0.3, 0.4) is 0 Å². The molecular formula is C14H18N2O. The molecule has 17 heavy (non-hydrogen) atoms. The Morgan fingerprint density at radius 2 is 2.00 bits per heavy atom. The number of amides is 1. The van der Waals surface area contributed by atoms with Gasteiger partial charge in [0.1, 0.15) is 0 Å². The lowest BCUT2D eigenvalue weighted by molar-refractivity contribution is 0.0930. The van der Waals surface area contributed by atoms with Gasteiger partial charge in [-0.3, -0.25) is 4.79 Å². The van der Waals surface area contributed by atoms with E-state index in [2.05, 4.69) is 11.2 Å². The van der Waals surface area contributed by atoms with Crippen LogP contribution in [0.5, 0.6) is 0 Å². The van der Waals surface area contributed by atoms with E-state index in [-0.39, 0.29) is 5.91 Å². The van der Waals surface area contributed by atoms with Crippen LogP contribution in [0.25, 0.3) is 0 Å². The predicted molar refractivity (Wildman–Crippen MR) is 69.6 cm³/mol. The number of carbonyl (C=O) groups excluding carboxylic acids is 1. The number of carbonyl (C=O) groups is 1. The van der Waals surface area contributed by atoms with Gasteiger partial charge in [-0.2, -0.15) is 0 Å². The van der Waals surface area contributed by atoms with E-state index >= 15 is 0 Å². The van der Waals surface area contributed by atoms with Crippen LogP contribution >= 0.6 is 0 Å². The molecule has 1 amide bonds. The van der Waals surface area contributed by atoms with Crippen molar-refractivity contribution in [1.82, 2.24) is 5.32 Å². The molecule has 3 heteroatoms. The molecule has 3 nitrogen and oxygen atoms in total. The van der Waals surface area contributed by atoms with Crippen LogP contribution in [0.2, 0.25) is 0 Å². The van der Waals surface area contributed by atoms with Gasteiger partial charge in [0.2, 0.25) is 0 Å². The number of hydrogen-bond donors (Lipinski definition) is 2. The van der Waals surface area contributed by atoms with Crippen molar-refractivity contribution in [2.45, 2.75) is 25.8 Å². The van der Waals surface area contributed by atoms with E-state index in [9.17, 15) is 4.79 Å². The summed E-state index contributed by atoms with van der Waals surface area (Å²) in [5.41, 5.74) is 6.56. The number of benzene rings is 1. The summed E-state index contributed by atoms with van der Waals surface area (Å²) in [5, 5.41) is 2.77. The monoisotopic (exact) mass is 230 g/mol. The molecule has 0 aliphatic carbocycles. The smallest absolute Gasteiger partial charge is 0.252 e. The van der Waals surface area contributed by atoms with E-state index < -0.39 is 5.54 Å². The van der Waals surface area contributed by atoms with Gasteiger partial charge in [0.05, 0.1) is 5.54 Å². The van der Waals surface area contributed by atoms with Gasteiger partial charge in [0, 0.05) is 5.56 Å². The first-order valence-corrected chi connectivity index (χ1v) is 5.58. The van der Waals surface area contributed by atoms with Gasteiger partial charge in [0.15, 0.2) is 0 Å². The molecule has 0 fully saturated rings. The largest absolute Gasteiger partial charge is 0.336 e. The van der Waals surface area contributed by atoms with E-state index in [1.165, 1.54) is 0 Å². The number of nitrogens with one attached hydrogen (secondary N) is 1. The number of hydrogen-bond acceptors (Lipinski definition) is 2. The lowest BCUT2D eigenvalue weighted by Gasteiger charge is -2.19. The van der Waals surface area contributed by atoms with Gasteiger partial charge in [0.25, 0.3) is 5.91 Å². The average Bonchev–Trinajstić information content (AvgIpc) is 2.30. The minimum absolute atomic E-state index is 0.160. The van der Waals surface area contributed by atoms with Crippen molar-refractivity contribution in [3.63, 3.8) is 0 Å². The predicted octanol–water partition coefficient (Wildman–Crippen LogP) is 1.33. The molecule has 0 bridgehead atoms. The Balaban J connectivity index is 2.74. The summed E-state index contributed by atoms with van der Waals surface area (Å²) >= 11 is 0. The zero-order valence-electron chi connectivity index (χ0n) is 10.3. The number of nitrogens with two attached hydrogens (primary N) is 1. The molecule has 0 heterocycles. The highest BCUT2D eigenvalue weighted by molar-refractivity contribution is 5.94. The Bertz CT molecular complexity index is 427. The average molecular weight is 230 g/mol. The second kappa shape index (κ2) is 5.51. The maximum Gasteiger partial charge on any atom is 0.252 e. The SMILES string of the molecule is C#CC(C)(C)NC(=O)c1ccc(CCN)cc1. The van der Waals surface area contributed by atoms with Crippen LogP contribution in [0.15, 0.2) is 24.3 Å². The van der Waals surface area contributed by atoms with E-state index in [1.54, 1.807) is 26.0 Å². The Labute approximate surface area is 102 Å². The van der Waals surface area contributed by atoms with Crippen LogP contribution in [-0.4, -0.2) is 18.0 Å². The number of rotatable bonds is 4. The second-order valence-electron chi connectivity index (χ2n) is 4.46. The van der Waals surface area contributed by atoms with Crippen molar-refractivity contribution in [3.05, 3.63) is 35.4 Å². The molecule has 0 saturated carbocycles. The van der Waals surface area contributed by atoms with Crippen molar-refractivity contribution in [1.29, 1.82) is 0 Å². The third-order valence-electron chi connectivity index (χ3n) is 2.44. The van der Waals surface area contributed by atoms with E-state index in [0.29, 0.717) is 12.1 Å². The second-order valence-corrected chi connectivity index (χ2v) is 4.46.